The van der Waals surface area contributed by atoms with Crippen molar-refractivity contribution in [1.82, 2.24) is 19.4 Å². The Balaban J connectivity index is 1.31. The Bertz CT molecular complexity index is 846. The molecule has 7 heteroatoms. The number of amides is 1. The molecule has 0 saturated carbocycles. The van der Waals surface area contributed by atoms with Crippen molar-refractivity contribution in [3.63, 3.8) is 0 Å². The molecule has 0 radical (unpaired) electrons. The first kappa shape index (κ1) is 18.3. The lowest BCUT2D eigenvalue weighted by Gasteiger charge is -2.46. The molecule has 1 amide bonds. The van der Waals surface area contributed by atoms with E-state index in [1.165, 1.54) is 9.75 Å². The lowest BCUT2D eigenvalue weighted by Crippen LogP contribution is -2.54. The Labute approximate surface area is 170 Å². The molecule has 1 atom stereocenters. The number of hydrogen-bond acceptors (Lipinski definition) is 5. The molecule has 3 aliphatic rings. The van der Waals surface area contributed by atoms with Gasteiger partial charge in [0.1, 0.15) is 11.4 Å². The normalized spacial score (nSPS) is 24.6. The van der Waals surface area contributed by atoms with Gasteiger partial charge < -0.3 is 14.2 Å². The molecule has 2 fully saturated rings. The fourth-order valence-electron chi connectivity index (χ4n) is 4.87. The Morgan fingerprint density at radius 1 is 1.25 bits per heavy atom. The predicted octanol–water partition coefficient (Wildman–Crippen LogP) is 2.77. The van der Waals surface area contributed by atoms with Crippen molar-refractivity contribution in [1.29, 1.82) is 0 Å². The van der Waals surface area contributed by atoms with Gasteiger partial charge in [-0.2, -0.15) is 0 Å². The highest BCUT2D eigenvalue weighted by atomic mass is 32.1. The van der Waals surface area contributed by atoms with Crippen LogP contribution in [-0.4, -0.2) is 57.5 Å². The van der Waals surface area contributed by atoms with Crippen LogP contribution in [-0.2, 0) is 28.2 Å². The third-order valence-corrected chi connectivity index (χ3v) is 7.37. The van der Waals surface area contributed by atoms with Crippen LogP contribution in [0.1, 0.15) is 41.3 Å². The Morgan fingerprint density at radius 3 is 2.75 bits per heavy atom. The summed E-state index contributed by atoms with van der Waals surface area (Å²) in [7, 11) is 0. The summed E-state index contributed by atoms with van der Waals surface area (Å²) in [5.41, 5.74) is -0.427. The second-order valence-electron chi connectivity index (χ2n) is 8.32. The number of thiophene rings is 1. The first-order chi connectivity index (χ1) is 13.6. The van der Waals surface area contributed by atoms with Crippen molar-refractivity contribution in [3.05, 3.63) is 40.1 Å². The van der Waals surface area contributed by atoms with Crippen molar-refractivity contribution in [2.45, 2.75) is 57.4 Å². The van der Waals surface area contributed by atoms with Gasteiger partial charge in [0.05, 0.1) is 6.54 Å². The minimum absolute atomic E-state index is 0.160. The highest BCUT2D eigenvalue weighted by Gasteiger charge is 2.47. The molecule has 1 spiro atoms. The summed E-state index contributed by atoms with van der Waals surface area (Å²) in [6, 6.07) is 4.43. The van der Waals surface area contributed by atoms with E-state index in [4.69, 9.17) is 4.74 Å². The molecule has 28 heavy (non-hydrogen) atoms. The summed E-state index contributed by atoms with van der Waals surface area (Å²) in [5, 5.41) is 0. The number of carbonyl (C=O) groups excluding carboxylic acids is 1. The van der Waals surface area contributed by atoms with E-state index in [-0.39, 0.29) is 12.0 Å². The quantitative estimate of drug-likeness (QED) is 0.795. The number of piperidine rings is 1. The number of carbonyl (C=O) groups is 1. The van der Waals surface area contributed by atoms with Crippen LogP contribution >= 0.6 is 11.3 Å². The molecule has 0 aromatic carbocycles. The monoisotopic (exact) mass is 400 g/mol. The molecular formula is C21H28N4O2S. The zero-order chi connectivity index (χ0) is 19.1. The maximum Gasteiger partial charge on any atom is 0.253 e. The molecule has 6 nitrogen and oxygen atoms in total. The molecule has 0 aliphatic carbocycles. The van der Waals surface area contributed by atoms with E-state index in [1.807, 2.05) is 28.6 Å². The van der Waals surface area contributed by atoms with E-state index in [0.29, 0.717) is 6.54 Å². The number of rotatable bonds is 3. The van der Waals surface area contributed by atoms with E-state index in [9.17, 15) is 4.79 Å². The largest absolute Gasteiger partial charge is 0.352 e. The van der Waals surface area contributed by atoms with Gasteiger partial charge in [-0.15, -0.1) is 11.3 Å². The Hall–Kier alpha value is -1.70. The number of fused-ring (bicyclic) bond motifs is 2. The third-order valence-electron chi connectivity index (χ3n) is 6.39. The molecule has 0 bridgehead atoms. The molecule has 150 valence electrons. The van der Waals surface area contributed by atoms with Crippen LogP contribution in [0.15, 0.2) is 24.5 Å². The minimum atomic E-state index is -0.427. The molecule has 2 aromatic heterocycles. The molecular weight excluding hydrogens is 372 g/mol. The van der Waals surface area contributed by atoms with Gasteiger partial charge in [0, 0.05) is 54.9 Å². The van der Waals surface area contributed by atoms with Crippen molar-refractivity contribution < 1.29 is 9.53 Å². The fraction of sp³-hybridized carbons (Fsp3) is 0.619. The van der Waals surface area contributed by atoms with Crippen molar-refractivity contribution in [3.8, 4) is 0 Å². The van der Waals surface area contributed by atoms with Gasteiger partial charge in [-0.1, -0.05) is 0 Å². The van der Waals surface area contributed by atoms with Gasteiger partial charge in [-0.25, -0.2) is 4.98 Å². The summed E-state index contributed by atoms with van der Waals surface area (Å²) < 4.78 is 8.73. The van der Waals surface area contributed by atoms with Crippen LogP contribution in [0.5, 0.6) is 0 Å². The molecule has 0 unspecified atom stereocenters. The summed E-state index contributed by atoms with van der Waals surface area (Å²) in [5.74, 6) is 1.16. The van der Waals surface area contributed by atoms with Crippen LogP contribution < -0.4 is 0 Å². The summed E-state index contributed by atoms with van der Waals surface area (Å²) in [4.78, 5) is 24.9. The molecule has 0 N–H and O–H groups in total. The van der Waals surface area contributed by atoms with Crippen LogP contribution in [0.3, 0.4) is 0 Å². The molecule has 2 saturated heterocycles. The number of likely N-dealkylation sites (tertiary alicyclic amines) is 2. The Kier molecular flexibility index (Phi) is 4.77. The van der Waals surface area contributed by atoms with E-state index < -0.39 is 5.60 Å². The van der Waals surface area contributed by atoms with Gasteiger partial charge in [0.25, 0.3) is 5.91 Å². The lowest BCUT2D eigenvalue weighted by atomic mass is 9.88. The van der Waals surface area contributed by atoms with Crippen LogP contribution in [0, 0.1) is 6.92 Å². The SMILES string of the molecule is Cc1ccc(CN2CCC3(CC2)O[C@@H](C(=O)N2CCCC2)Cn2ccnc23)s1. The second kappa shape index (κ2) is 7.28. The van der Waals surface area contributed by atoms with Crippen molar-refractivity contribution in [2.24, 2.45) is 0 Å². The number of aromatic nitrogens is 2. The number of hydrogen-bond donors (Lipinski definition) is 0. The van der Waals surface area contributed by atoms with Gasteiger partial charge in [-0.05, 0) is 44.7 Å². The summed E-state index contributed by atoms with van der Waals surface area (Å²) in [6.45, 7) is 7.42. The van der Waals surface area contributed by atoms with E-state index in [0.717, 1.165) is 64.2 Å². The highest BCUT2D eigenvalue weighted by molar-refractivity contribution is 7.11. The highest BCUT2D eigenvalue weighted by Crippen LogP contribution is 2.41. The standard InChI is InChI=1S/C21H28N4O2S/c1-16-4-5-17(28-16)14-23-11-6-21(7-12-23)20-22-8-13-25(20)15-18(27-21)19(26)24-9-2-3-10-24/h4-5,8,13,18H,2-3,6-7,9-12,14-15H2,1H3/t18-/m1/s1. The third kappa shape index (κ3) is 3.29. The molecule has 2 aromatic rings. The number of aryl methyl sites for hydroxylation is 1. The van der Waals surface area contributed by atoms with Crippen molar-refractivity contribution >= 4 is 17.2 Å². The predicted molar refractivity (Wildman–Crippen MR) is 108 cm³/mol. The van der Waals surface area contributed by atoms with Crippen molar-refractivity contribution in [2.75, 3.05) is 26.2 Å². The van der Waals surface area contributed by atoms with Gasteiger partial charge in [-0.3, -0.25) is 9.69 Å². The minimum Gasteiger partial charge on any atom is -0.352 e. The number of nitrogens with zero attached hydrogens (tertiary/aromatic N) is 4. The van der Waals surface area contributed by atoms with Gasteiger partial charge in [0.15, 0.2) is 6.10 Å². The van der Waals surface area contributed by atoms with E-state index >= 15 is 0 Å². The number of imidazole rings is 1. The first-order valence-electron chi connectivity index (χ1n) is 10.4. The average molecular weight is 401 g/mol. The maximum atomic E-state index is 13.0. The zero-order valence-electron chi connectivity index (χ0n) is 16.5. The van der Waals surface area contributed by atoms with Crippen LogP contribution in [0.4, 0.5) is 0 Å². The van der Waals surface area contributed by atoms with Crippen LogP contribution in [0.25, 0.3) is 0 Å². The Morgan fingerprint density at radius 2 is 2.04 bits per heavy atom. The van der Waals surface area contributed by atoms with Gasteiger partial charge in [0.2, 0.25) is 0 Å². The lowest BCUT2D eigenvalue weighted by molar-refractivity contribution is -0.180. The maximum absolute atomic E-state index is 13.0. The fourth-order valence-corrected chi connectivity index (χ4v) is 5.80. The zero-order valence-corrected chi connectivity index (χ0v) is 17.3. The van der Waals surface area contributed by atoms with E-state index in [1.54, 1.807) is 0 Å². The smallest absolute Gasteiger partial charge is 0.253 e. The van der Waals surface area contributed by atoms with E-state index in [2.05, 4.69) is 33.5 Å². The molecule has 3 aliphatic heterocycles. The number of ether oxygens (including phenoxy) is 1. The summed E-state index contributed by atoms with van der Waals surface area (Å²) in [6.07, 6.45) is 7.46. The van der Waals surface area contributed by atoms with Gasteiger partial charge >= 0.3 is 0 Å². The second-order valence-corrected chi connectivity index (χ2v) is 9.70. The summed E-state index contributed by atoms with van der Waals surface area (Å²) >= 11 is 1.88. The topological polar surface area (TPSA) is 50.6 Å². The molecule has 5 rings (SSSR count). The first-order valence-corrected chi connectivity index (χ1v) is 11.2. The van der Waals surface area contributed by atoms with Crippen LogP contribution in [0.2, 0.25) is 0 Å². The average Bonchev–Trinajstić information content (AvgIpc) is 3.45. The molecule has 5 heterocycles.